The molecule has 2 rings (SSSR count). The van der Waals surface area contributed by atoms with E-state index >= 15 is 0 Å². The summed E-state index contributed by atoms with van der Waals surface area (Å²) in [6.07, 6.45) is 3.91. The highest BCUT2D eigenvalue weighted by atomic mass is 35.5. The van der Waals surface area contributed by atoms with E-state index in [4.69, 9.17) is 9.15 Å². The highest BCUT2D eigenvalue weighted by Crippen LogP contribution is 2.15. The third-order valence-electron chi connectivity index (χ3n) is 3.06. The number of hydrogen-bond donors (Lipinski definition) is 1. The molecular formula is C13H21ClN2O3. The average Bonchev–Trinajstić information content (AvgIpc) is 3.01. The van der Waals surface area contributed by atoms with Crippen LogP contribution in [0.25, 0.3) is 0 Å². The van der Waals surface area contributed by atoms with Gasteiger partial charge in [0.2, 0.25) is 5.91 Å². The van der Waals surface area contributed by atoms with Crippen molar-refractivity contribution >= 4 is 18.3 Å². The van der Waals surface area contributed by atoms with Crippen molar-refractivity contribution in [3.8, 4) is 0 Å². The van der Waals surface area contributed by atoms with Crippen molar-refractivity contribution < 1.29 is 13.9 Å². The second-order valence-corrected chi connectivity index (χ2v) is 4.52. The molecule has 0 saturated carbocycles. The van der Waals surface area contributed by atoms with E-state index in [1.807, 2.05) is 12.1 Å². The van der Waals surface area contributed by atoms with Crippen molar-refractivity contribution in [2.45, 2.75) is 25.5 Å². The Balaban J connectivity index is 0.00000180. The van der Waals surface area contributed by atoms with Crippen LogP contribution in [0.1, 0.15) is 18.6 Å². The second-order valence-electron chi connectivity index (χ2n) is 4.52. The molecule has 6 heteroatoms. The Hall–Kier alpha value is -1.04. The van der Waals surface area contributed by atoms with Crippen LogP contribution >= 0.6 is 12.4 Å². The summed E-state index contributed by atoms with van der Waals surface area (Å²) < 4.78 is 10.9. The molecule has 1 aromatic heterocycles. The predicted molar refractivity (Wildman–Crippen MR) is 74.3 cm³/mol. The number of carbonyl (C=O) groups is 1. The minimum atomic E-state index is 0. The molecule has 5 nitrogen and oxygen atoms in total. The minimum absolute atomic E-state index is 0. The number of nitrogens with one attached hydrogen (secondary N) is 1. The predicted octanol–water partition coefficient (Wildman–Crippen LogP) is 1.43. The number of furan rings is 1. The van der Waals surface area contributed by atoms with E-state index < -0.39 is 0 Å². The first-order valence-corrected chi connectivity index (χ1v) is 6.36. The Bertz CT molecular complexity index is 364. The topological polar surface area (TPSA) is 54.7 Å². The summed E-state index contributed by atoms with van der Waals surface area (Å²) in [5.41, 5.74) is 0. The van der Waals surface area contributed by atoms with Crippen LogP contribution in [0.15, 0.2) is 22.8 Å². The van der Waals surface area contributed by atoms with Crippen molar-refractivity contribution in [1.82, 2.24) is 10.2 Å². The van der Waals surface area contributed by atoms with Gasteiger partial charge in [-0.15, -0.1) is 12.4 Å². The van der Waals surface area contributed by atoms with E-state index in [2.05, 4.69) is 5.32 Å². The fourth-order valence-corrected chi connectivity index (χ4v) is 2.14. The molecule has 0 spiro atoms. The quantitative estimate of drug-likeness (QED) is 0.860. The van der Waals surface area contributed by atoms with Crippen molar-refractivity contribution in [3.05, 3.63) is 24.2 Å². The van der Waals surface area contributed by atoms with Gasteiger partial charge in [0.15, 0.2) is 0 Å². The number of hydrogen-bond acceptors (Lipinski definition) is 4. The number of ether oxygens (including phenoxy) is 1. The third-order valence-corrected chi connectivity index (χ3v) is 3.06. The van der Waals surface area contributed by atoms with Crippen LogP contribution < -0.4 is 5.32 Å². The number of rotatable bonds is 6. The molecule has 19 heavy (non-hydrogen) atoms. The van der Waals surface area contributed by atoms with Gasteiger partial charge >= 0.3 is 0 Å². The Labute approximate surface area is 119 Å². The first-order chi connectivity index (χ1) is 8.79. The molecule has 0 radical (unpaired) electrons. The number of likely N-dealkylation sites (N-methyl/N-ethyl adjacent to an activating group) is 1. The summed E-state index contributed by atoms with van der Waals surface area (Å²) in [7, 11) is 1.77. The first-order valence-electron chi connectivity index (χ1n) is 6.36. The molecule has 0 aliphatic carbocycles. The van der Waals surface area contributed by atoms with Gasteiger partial charge < -0.3 is 19.4 Å². The van der Waals surface area contributed by atoms with E-state index in [1.165, 1.54) is 0 Å². The number of halogens is 1. The van der Waals surface area contributed by atoms with Gasteiger partial charge in [0.05, 0.1) is 25.5 Å². The zero-order chi connectivity index (χ0) is 12.8. The summed E-state index contributed by atoms with van der Waals surface area (Å²) in [4.78, 5) is 13.8. The minimum Gasteiger partial charge on any atom is -0.467 e. The Morgan fingerprint density at radius 2 is 2.42 bits per heavy atom. The van der Waals surface area contributed by atoms with Gasteiger partial charge in [-0.25, -0.2) is 0 Å². The van der Waals surface area contributed by atoms with Crippen LogP contribution in [-0.4, -0.2) is 43.7 Å². The molecule has 1 unspecified atom stereocenters. The number of nitrogens with zero attached hydrogens (tertiary/aromatic N) is 1. The summed E-state index contributed by atoms with van der Waals surface area (Å²) in [6, 6.07) is 3.72. The summed E-state index contributed by atoms with van der Waals surface area (Å²) in [5, 5.41) is 2.89. The Morgan fingerprint density at radius 1 is 1.58 bits per heavy atom. The van der Waals surface area contributed by atoms with Crippen LogP contribution in [0.4, 0.5) is 0 Å². The van der Waals surface area contributed by atoms with Gasteiger partial charge in [-0.3, -0.25) is 4.79 Å². The average molecular weight is 289 g/mol. The molecule has 1 amide bonds. The van der Waals surface area contributed by atoms with E-state index in [0.717, 1.165) is 25.2 Å². The smallest absolute Gasteiger partial charge is 0.237 e. The zero-order valence-electron chi connectivity index (χ0n) is 11.1. The maximum absolute atomic E-state index is 12.0. The maximum Gasteiger partial charge on any atom is 0.237 e. The molecule has 108 valence electrons. The summed E-state index contributed by atoms with van der Waals surface area (Å²) in [5.74, 6) is 0.877. The van der Waals surface area contributed by atoms with Crippen molar-refractivity contribution in [3.63, 3.8) is 0 Å². The van der Waals surface area contributed by atoms with Crippen LogP contribution in [0.2, 0.25) is 0 Å². The van der Waals surface area contributed by atoms with Crippen LogP contribution in [-0.2, 0) is 16.1 Å². The Kier molecular flexibility index (Phi) is 6.91. The van der Waals surface area contributed by atoms with Crippen molar-refractivity contribution in [1.29, 1.82) is 0 Å². The van der Waals surface area contributed by atoms with Gasteiger partial charge in [-0.05, 0) is 32.0 Å². The van der Waals surface area contributed by atoms with Gasteiger partial charge in [0.25, 0.3) is 0 Å². The zero-order valence-corrected chi connectivity index (χ0v) is 11.9. The molecule has 1 fully saturated rings. The lowest BCUT2D eigenvalue weighted by molar-refractivity contribution is -0.132. The second kappa shape index (κ2) is 8.19. The van der Waals surface area contributed by atoms with E-state index in [0.29, 0.717) is 19.6 Å². The molecule has 1 saturated heterocycles. The highest BCUT2D eigenvalue weighted by Gasteiger charge is 2.22. The SMILES string of the molecule is CNCC(=O)N(Cc1ccco1)CC1CCCO1.Cl. The summed E-state index contributed by atoms with van der Waals surface area (Å²) in [6.45, 7) is 2.29. The molecule has 0 aromatic carbocycles. The van der Waals surface area contributed by atoms with Gasteiger partial charge in [-0.2, -0.15) is 0 Å². The van der Waals surface area contributed by atoms with Crippen LogP contribution in [0.5, 0.6) is 0 Å². The standard InChI is InChI=1S/C13H20N2O3.ClH/c1-14-8-13(16)15(9-11-4-2-6-17-11)10-12-5-3-7-18-12;/h2,4,6,12,14H,3,5,7-10H2,1H3;1H. The maximum atomic E-state index is 12.0. The lowest BCUT2D eigenvalue weighted by Crippen LogP contribution is -2.41. The fraction of sp³-hybridized carbons (Fsp3) is 0.615. The van der Waals surface area contributed by atoms with E-state index in [9.17, 15) is 4.79 Å². The molecule has 1 aromatic rings. The molecule has 1 atom stereocenters. The molecule has 0 bridgehead atoms. The fourth-order valence-electron chi connectivity index (χ4n) is 2.14. The van der Waals surface area contributed by atoms with Crippen LogP contribution in [0, 0.1) is 0 Å². The Morgan fingerprint density at radius 3 is 3.00 bits per heavy atom. The monoisotopic (exact) mass is 288 g/mol. The molecular weight excluding hydrogens is 268 g/mol. The first kappa shape index (κ1) is 16.0. The van der Waals surface area contributed by atoms with Gasteiger partial charge in [0, 0.05) is 13.2 Å². The van der Waals surface area contributed by atoms with Crippen molar-refractivity contribution in [2.24, 2.45) is 0 Å². The van der Waals surface area contributed by atoms with Crippen LogP contribution in [0.3, 0.4) is 0 Å². The molecule has 1 aliphatic rings. The molecule has 1 aliphatic heterocycles. The van der Waals surface area contributed by atoms with E-state index in [1.54, 1.807) is 18.2 Å². The van der Waals surface area contributed by atoms with Gasteiger partial charge in [-0.1, -0.05) is 0 Å². The van der Waals surface area contributed by atoms with Crippen molar-refractivity contribution in [2.75, 3.05) is 26.7 Å². The number of amides is 1. The third kappa shape index (κ3) is 4.86. The lowest BCUT2D eigenvalue weighted by Gasteiger charge is -2.24. The lowest BCUT2D eigenvalue weighted by atomic mass is 10.2. The van der Waals surface area contributed by atoms with E-state index in [-0.39, 0.29) is 24.4 Å². The molecule has 1 N–H and O–H groups in total. The largest absolute Gasteiger partial charge is 0.467 e. The number of carbonyl (C=O) groups excluding carboxylic acids is 1. The molecule has 2 heterocycles. The summed E-state index contributed by atoms with van der Waals surface area (Å²) >= 11 is 0. The van der Waals surface area contributed by atoms with Gasteiger partial charge in [0.1, 0.15) is 5.76 Å². The highest BCUT2D eigenvalue weighted by molar-refractivity contribution is 5.85. The normalized spacial score (nSPS) is 18.1.